The minimum absolute atomic E-state index is 0.00198. The lowest BCUT2D eigenvalue weighted by molar-refractivity contribution is -0.765. The van der Waals surface area contributed by atoms with Crippen molar-refractivity contribution in [2.45, 2.75) is 49.9 Å². The molecule has 1 saturated heterocycles. The van der Waals surface area contributed by atoms with Gasteiger partial charge in [0.2, 0.25) is 29.2 Å². The summed E-state index contributed by atoms with van der Waals surface area (Å²) in [5.41, 5.74) is 21.1. The van der Waals surface area contributed by atoms with Crippen molar-refractivity contribution in [3.63, 3.8) is 0 Å². The van der Waals surface area contributed by atoms with E-state index in [0.29, 0.717) is 5.57 Å². The number of oxime groups is 1. The van der Waals surface area contributed by atoms with Gasteiger partial charge < -0.3 is 48.6 Å². The second-order valence-corrected chi connectivity index (χ2v) is 12.5. The first-order chi connectivity index (χ1) is 21.6. The van der Waals surface area contributed by atoms with Crippen molar-refractivity contribution in [3.8, 4) is 0 Å². The topological polar surface area (TPSA) is 313 Å². The molecular formula is C24H33N12O8S2+. The lowest BCUT2D eigenvalue weighted by Gasteiger charge is -2.49. The van der Waals surface area contributed by atoms with Crippen LogP contribution in [0.3, 0.4) is 0 Å². The minimum atomic E-state index is -1.82. The number of nitrogens with two attached hydrogens (primary N) is 4. The largest absolute Gasteiger partial charge is 0.478 e. The minimum Gasteiger partial charge on any atom is -0.478 e. The number of hydrogen-bond donors (Lipinski definition) is 8. The molecule has 0 saturated carbocycles. The van der Waals surface area contributed by atoms with Crippen molar-refractivity contribution in [1.82, 2.24) is 24.3 Å². The number of carbonyl (C=O) groups is 5. The fourth-order valence-corrected chi connectivity index (χ4v) is 6.09. The molecule has 46 heavy (non-hydrogen) atoms. The number of aliphatic carboxylic acids is 2. The average molecular weight is 682 g/mol. The second kappa shape index (κ2) is 13.3. The number of carboxylic acids is 2. The van der Waals surface area contributed by atoms with Crippen molar-refractivity contribution in [2.24, 2.45) is 23.7 Å². The number of hydrogen-bond acceptors (Lipinski definition) is 15. The maximum atomic E-state index is 13.3. The van der Waals surface area contributed by atoms with E-state index < -0.39 is 58.4 Å². The van der Waals surface area contributed by atoms with Crippen LogP contribution in [-0.2, 0) is 42.4 Å². The van der Waals surface area contributed by atoms with Gasteiger partial charge in [-0.15, -0.1) is 21.1 Å². The van der Waals surface area contributed by atoms with Crippen LogP contribution < -0.4 is 38.3 Å². The first-order valence-corrected chi connectivity index (χ1v) is 15.3. The third-order valence-electron chi connectivity index (χ3n) is 7.00. The van der Waals surface area contributed by atoms with Crippen molar-refractivity contribution >= 4 is 75.3 Å². The summed E-state index contributed by atoms with van der Waals surface area (Å²) in [7, 11) is 1.61. The van der Waals surface area contributed by atoms with Gasteiger partial charge in [0.1, 0.15) is 17.1 Å². The molecule has 2 aliphatic heterocycles. The molecule has 3 amide bonds. The second-order valence-electron chi connectivity index (χ2n) is 10.6. The molecule has 0 bridgehead atoms. The number of carboxylic acid groups (broad SMARTS) is 2. The van der Waals surface area contributed by atoms with Gasteiger partial charge in [-0.25, -0.2) is 9.59 Å². The van der Waals surface area contributed by atoms with Crippen LogP contribution in [0.1, 0.15) is 26.1 Å². The lowest BCUT2D eigenvalue weighted by Crippen LogP contribution is -2.71. The van der Waals surface area contributed by atoms with E-state index in [0.717, 1.165) is 16.4 Å². The number of nitrogens with one attached hydrogen (secondary N) is 2. The molecule has 2 aromatic rings. The number of amides is 3. The number of carbonyl (C=O) groups excluding carboxylic acids is 3. The van der Waals surface area contributed by atoms with Crippen molar-refractivity contribution in [2.75, 3.05) is 29.1 Å². The number of anilines is 3. The van der Waals surface area contributed by atoms with E-state index in [1.807, 2.05) is 0 Å². The first-order valence-electron chi connectivity index (χ1n) is 13.5. The van der Waals surface area contributed by atoms with E-state index in [1.54, 1.807) is 11.7 Å². The van der Waals surface area contributed by atoms with Gasteiger partial charge >= 0.3 is 11.9 Å². The fourth-order valence-electron chi connectivity index (χ4n) is 4.32. The van der Waals surface area contributed by atoms with Crippen LogP contribution in [0, 0.1) is 0 Å². The predicted octanol–water partition coefficient (Wildman–Crippen LogP) is -3.03. The zero-order valence-electron chi connectivity index (χ0n) is 24.8. The normalized spacial score (nSPS) is 18.8. The molecule has 248 valence electrons. The van der Waals surface area contributed by atoms with E-state index in [1.165, 1.54) is 36.5 Å². The highest BCUT2D eigenvalue weighted by Crippen LogP contribution is 2.40. The Morgan fingerprint density at radius 2 is 1.98 bits per heavy atom. The Kier molecular flexibility index (Phi) is 9.84. The van der Waals surface area contributed by atoms with Gasteiger partial charge in [-0.3, -0.25) is 19.3 Å². The van der Waals surface area contributed by atoms with Gasteiger partial charge in [0, 0.05) is 22.9 Å². The summed E-state index contributed by atoms with van der Waals surface area (Å²) < 4.78 is 6.99. The number of aromatic nitrogens is 4. The van der Waals surface area contributed by atoms with E-state index in [9.17, 15) is 34.2 Å². The van der Waals surface area contributed by atoms with Crippen molar-refractivity contribution in [3.05, 3.63) is 23.3 Å². The Balaban J connectivity index is 1.54. The predicted molar refractivity (Wildman–Crippen MR) is 164 cm³/mol. The molecule has 4 rings (SSSR count). The molecule has 12 N–H and O–H groups in total. The third-order valence-corrected chi connectivity index (χ3v) is 8.88. The van der Waals surface area contributed by atoms with Gasteiger partial charge in [-0.1, -0.05) is 5.16 Å². The molecule has 0 spiro atoms. The third kappa shape index (κ3) is 6.73. The average Bonchev–Trinajstić information content (AvgIpc) is 3.53. The molecule has 0 unspecified atom stereocenters. The van der Waals surface area contributed by atoms with Gasteiger partial charge in [0.05, 0.1) is 13.1 Å². The van der Waals surface area contributed by atoms with E-state index in [2.05, 4.69) is 25.1 Å². The quantitative estimate of drug-likeness (QED) is 0.0451. The maximum absolute atomic E-state index is 13.3. The van der Waals surface area contributed by atoms with Crippen LogP contribution in [0.25, 0.3) is 0 Å². The highest BCUT2D eigenvalue weighted by Gasteiger charge is 2.55. The first kappa shape index (κ1) is 34.1. The van der Waals surface area contributed by atoms with Crippen LogP contribution in [0.4, 0.5) is 16.6 Å². The van der Waals surface area contributed by atoms with E-state index >= 15 is 0 Å². The van der Waals surface area contributed by atoms with Gasteiger partial charge in [0.15, 0.2) is 23.2 Å². The fraction of sp³-hybridized carbons (Fsp3) is 0.458. The van der Waals surface area contributed by atoms with Gasteiger partial charge in [-0.05, 0) is 26.8 Å². The number of nitrogens with zero attached hydrogens (tertiary/aromatic N) is 6. The Hall–Kier alpha value is -4.80. The Labute approximate surface area is 268 Å². The molecule has 4 heterocycles. The molecule has 3 atom stereocenters. The molecule has 2 aliphatic rings. The van der Waals surface area contributed by atoms with Crippen LogP contribution in [-0.4, -0.2) is 99.9 Å². The SMILES string of the molecule is Cn1c(N)c(NC(=O)[C@@H](N)CCN)c[n+]1CC1=C(C(=O)O)N2C(=O)[C@@H](NC(=O)/C(=N\OC(C)(C)C(=O)O)c3nsc(N)n3)[C@H]2SC1. The van der Waals surface area contributed by atoms with Crippen LogP contribution in [0.15, 0.2) is 22.6 Å². The zero-order chi connectivity index (χ0) is 34.1. The monoisotopic (exact) mass is 681 g/mol. The number of rotatable bonds is 13. The zero-order valence-corrected chi connectivity index (χ0v) is 26.4. The Morgan fingerprint density at radius 1 is 1.28 bits per heavy atom. The Morgan fingerprint density at radius 3 is 2.57 bits per heavy atom. The number of thioether (sulfide) groups is 1. The maximum Gasteiger partial charge on any atom is 0.352 e. The molecule has 22 heteroatoms. The van der Waals surface area contributed by atoms with Crippen LogP contribution in [0.2, 0.25) is 0 Å². The number of β-lactam (4-membered cyclic amide) rings is 1. The summed E-state index contributed by atoms with van der Waals surface area (Å²) in [6, 6.07) is -2.01. The summed E-state index contributed by atoms with van der Waals surface area (Å²) in [6.45, 7) is 2.63. The lowest BCUT2D eigenvalue weighted by atomic mass is 10.0. The summed E-state index contributed by atoms with van der Waals surface area (Å²) in [6.07, 6.45) is 1.78. The number of nitrogen functional groups attached to an aromatic ring is 2. The van der Waals surface area contributed by atoms with Gasteiger partial charge in [-0.2, -0.15) is 9.36 Å². The van der Waals surface area contributed by atoms with Crippen LogP contribution >= 0.6 is 23.3 Å². The van der Waals surface area contributed by atoms with Crippen LogP contribution in [0.5, 0.6) is 0 Å². The molecular weight excluding hydrogens is 648 g/mol. The van der Waals surface area contributed by atoms with Gasteiger partial charge in [0.25, 0.3) is 11.8 Å². The summed E-state index contributed by atoms with van der Waals surface area (Å²) in [5, 5.41) is 27.4. The highest BCUT2D eigenvalue weighted by atomic mass is 32.2. The summed E-state index contributed by atoms with van der Waals surface area (Å²) in [4.78, 5) is 72.8. The molecule has 2 aromatic heterocycles. The standard InChI is InChI=1S/C24H32N12O8S2/c1-24(2,22(42)43)44-32-12(16-31-23(28)46-33-16)18(38)30-13-19(39)36-14(21(40)41)9(8-45-20(13)36)6-35-7-11(15(27)34(35)3)29-17(37)10(26)4-5-25/h7,10,13,20,27H,4-6,8,25-26H2,1-3H3,(H6,28,29,30,31,33,37,38,40,41,42,43)/p+1/b32-12-/t10-,13+,20+/m0/s1. The van der Waals surface area contributed by atoms with E-state index in [4.69, 9.17) is 27.8 Å². The van der Waals surface area contributed by atoms with Crippen molar-refractivity contribution in [1.29, 1.82) is 0 Å². The number of fused-ring (bicyclic) bond motifs is 1. The molecule has 20 nitrogen and oxygen atoms in total. The molecule has 1 fully saturated rings. The van der Waals surface area contributed by atoms with Crippen molar-refractivity contribution < 1.29 is 43.7 Å². The summed E-state index contributed by atoms with van der Waals surface area (Å²) in [5.74, 6) is -4.82. The highest BCUT2D eigenvalue weighted by molar-refractivity contribution is 8.00. The Bertz CT molecular complexity index is 1650. The smallest absolute Gasteiger partial charge is 0.352 e. The molecule has 0 aromatic carbocycles. The molecule has 0 radical (unpaired) electrons. The summed E-state index contributed by atoms with van der Waals surface area (Å²) >= 11 is 1.96. The van der Waals surface area contributed by atoms with E-state index in [-0.39, 0.29) is 53.4 Å². The molecule has 0 aliphatic carbocycles.